The maximum atomic E-state index is 2.44. The first-order chi connectivity index (χ1) is 58.5. The fourth-order valence-corrected chi connectivity index (χ4v) is 16.9. The summed E-state index contributed by atoms with van der Waals surface area (Å²) in [6.07, 6.45) is 0. The van der Waals surface area contributed by atoms with E-state index in [4.69, 9.17) is 0 Å². The molecule has 0 aliphatic rings. The van der Waals surface area contributed by atoms with Gasteiger partial charge < -0.3 is 29.4 Å². The number of anilines is 18. The van der Waals surface area contributed by atoms with E-state index in [0.717, 1.165) is 147 Å². The number of benzene rings is 20. The van der Waals surface area contributed by atoms with Crippen molar-refractivity contribution in [3.63, 3.8) is 0 Å². The zero-order chi connectivity index (χ0) is 78.5. The van der Waals surface area contributed by atoms with Crippen LogP contribution < -0.4 is 29.4 Å². The summed E-state index contributed by atoms with van der Waals surface area (Å²) in [5.41, 5.74) is 26.3. The molecule has 20 rings (SSSR count). The van der Waals surface area contributed by atoms with E-state index in [0.29, 0.717) is 0 Å². The summed E-state index contributed by atoms with van der Waals surface area (Å²) in [6, 6.07) is 175. The fraction of sp³-hybridized carbons (Fsp3) is 0. The highest BCUT2D eigenvalue weighted by Gasteiger charge is 2.24. The van der Waals surface area contributed by atoms with Gasteiger partial charge in [0.1, 0.15) is 0 Å². The van der Waals surface area contributed by atoms with E-state index in [1.165, 1.54) is 32.3 Å². The summed E-state index contributed by atoms with van der Waals surface area (Å²) in [4.78, 5) is 14.1. The van der Waals surface area contributed by atoms with Crippen molar-refractivity contribution in [2.75, 3.05) is 29.4 Å². The largest absolute Gasteiger partial charge is 0.311 e. The van der Waals surface area contributed by atoms with Crippen molar-refractivity contribution in [2.45, 2.75) is 0 Å². The monoisotopic (exact) mass is 1510 g/mol. The second-order valence-corrected chi connectivity index (χ2v) is 29.7. The maximum absolute atomic E-state index is 2.44. The van der Waals surface area contributed by atoms with E-state index in [1.807, 2.05) is 0 Å². The third-order valence-electron chi connectivity index (χ3n) is 22.6. The van der Waals surface area contributed by atoms with Crippen LogP contribution in [0.3, 0.4) is 0 Å². The van der Waals surface area contributed by atoms with Gasteiger partial charge >= 0.3 is 0 Å². The predicted octanol–water partition coefficient (Wildman–Crippen LogP) is 32.1. The molecule has 0 spiro atoms. The van der Waals surface area contributed by atoms with Gasteiger partial charge in [-0.15, -0.1) is 0 Å². The Morgan fingerprint density at radius 1 is 0.102 bits per heavy atom. The molecule has 0 fully saturated rings. The molecule has 6 heteroatoms. The number of rotatable bonds is 21. The molecule has 0 unspecified atom stereocenters. The second kappa shape index (κ2) is 32.0. The van der Waals surface area contributed by atoms with E-state index in [2.05, 4.69) is 515 Å². The topological polar surface area (TPSA) is 19.4 Å². The summed E-state index contributed by atoms with van der Waals surface area (Å²) in [5.74, 6) is 0. The highest BCUT2D eigenvalue weighted by Crippen LogP contribution is 2.48. The van der Waals surface area contributed by atoms with Crippen LogP contribution in [0.15, 0.2) is 485 Å². The summed E-state index contributed by atoms with van der Waals surface area (Å²) < 4.78 is 0. The molecular formula is C112H80N6. The van der Waals surface area contributed by atoms with Gasteiger partial charge in [0, 0.05) is 101 Å². The Bertz CT molecular complexity index is 6740. The summed E-state index contributed by atoms with van der Waals surface area (Å²) in [6.45, 7) is 0. The molecular weight excluding hydrogens is 1430 g/mol. The quantitative estimate of drug-likeness (QED) is 0.0709. The van der Waals surface area contributed by atoms with Crippen molar-refractivity contribution in [1.82, 2.24) is 0 Å². The van der Waals surface area contributed by atoms with E-state index < -0.39 is 0 Å². The van der Waals surface area contributed by atoms with Gasteiger partial charge in [0.2, 0.25) is 0 Å². The van der Waals surface area contributed by atoms with Gasteiger partial charge in [0.25, 0.3) is 0 Å². The number of hydrogen-bond donors (Lipinski definition) is 0. The van der Waals surface area contributed by atoms with Crippen LogP contribution in [0.1, 0.15) is 0 Å². The number of para-hydroxylation sites is 5. The lowest BCUT2D eigenvalue weighted by atomic mass is 9.98. The maximum Gasteiger partial charge on any atom is 0.0540 e. The van der Waals surface area contributed by atoms with Crippen LogP contribution >= 0.6 is 0 Å². The number of fused-ring (bicyclic) bond motifs is 4. The van der Waals surface area contributed by atoms with Crippen molar-refractivity contribution < 1.29 is 0 Å². The molecule has 0 saturated heterocycles. The lowest BCUT2D eigenvalue weighted by Gasteiger charge is -2.29. The predicted molar refractivity (Wildman–Crippen MR) is 501 cm³/mol. The van der Waals surface area contributed by atoms with Crippen molar-refractivity contribution in [3.8, 4) is 33.4 Å². The summed E-state index contributed by atoms with van der Waals surface area (Å²) in [5, 5.41) is 9.48. The minimum absolute atomic E-state index is 1.05. The van der Waals surface area contributed by atoms with Crippen LogP contribution in [0.2, 0.25) is 0 Å². The zero-order valence-electron chi connectivity index (χ0n) is 64.9. The molecule has 0 saturated carbocycles. The van der Waals surface area contributed by atoms with Gasteiger partial charge in [-0.25, -0.2) is 0 Å². The van der Waals surface area contributed by atoms with Gasteiger partial charge in [0.15, 0.2) is 0 Å². The molecule has 6 nitrogen and oxygen atoms in total. The van der Waals surface area contributed by atoms with Crippen LogP contribution in [-0.4, -0.2) is 0 Å². The first kappa shape index (κ1) is 71.3. The molecule has 0 bridgehead atoms. The van der Waals surface area contributed by atoms with Gasteiger partial charge in [0.05, 0.1) is 22.7 Å². The van der Waals surface area contributed by atoms with E-state index in [1.54, 1.807) is 0 Å². The van der Waals surface area contributed by atoms with Gasteiger partial charge in [-0.3, -0.25) is 0 Å². The van der Waals surface area contributed by atoms with Crippen LogP contribution in [0, 0.1) is 0 Å². The van der Waals surface area contributed by atoms with E-state index in [9.17, 15) is 0 Å². The van der Waals surface area contributed by atoms with Crippen LogP contribution in [0.5, 0.6) is 0 Å². The average Bonchev–Trinajstić information content (AvgIpc) is 0.761. The Morgan fingerprint density at radius 3 is 0.525 bits per heavy atom. The molecule has 0 N–H and O–H groups in total. The lowest BCUT2D eigenvalue weighted by molar-refractivity contribution is 1.25. The molecule has 0 amide bonds. The first-order valence-corrected chi connectivity index (χ1v) is 40.3. The van der Waals surface area contributed by atoms with Crippen molar-refractivity contribution in [2.24, 2.45) is 0 Å². The Morgan fingerprint density at radius 2 is 0.271 bits per heavy atom. The van der Waals surface area contributed by atoms with Crippen LogP contribution in [0.25, 0.3) is 76.5 Å². The van der Waals surface area contributed by atoms with E-state index in [-0.39, 0.29) is 0 Å². The molecule has 0 heterocycles. The highest BCUT2D eigenvalue weighted by atomic mass is 15.2. The van der Waals surface area contributed by atoms with Crippen molar-refractivity contribution in [1.29, 1.82) is 0 Å². The smallest absolute Gasteiger partial charge is 0.0540 e. The average molecular weight is 1510 g/mol. The van der Waals surface area contributed by atoms with Crippen LogP contribution in [0.4, 0.5) is 102 Å². The van der Waals surface area contributed by atoms with E-state index >= 15 is 0 Å². The van der Waals surface area contributed by atoms with Crippen molar-refractivity contribution >= 4 is 145 Å². The minimum atomic E-state index is 1.05. The second-order valence-electron chi connectivity index (χ2n) is 29.7. The zero-order valence-corrected chi connectivity index (χ0v) is 64.9. The lowest BCUT2D eigenvalue weighted by Crippen LogP contribution is -2.12. The Hall–Kier alpha value is -15.8. The van der Waals surface area contributed by atoms with Crippen molar-refractivity contribution in [3.05, 3.63) is 485 Å². The van der Waals surface area contributed by atoms with Gasteiger partial charge in [-0.2, -0.15) is 0 Å². The number of hydrogen-bond acceptors (Lipinski definition) is 6. The first-order valence-electron chi connectivity index (χ1n) is 40.3. The fourth-order valence-electron chi connectivity index (χ4n) is 16.9. The Balaban J connectivity index is 0.567. The van der Waals surface area contributed by atoms with Crippen LogP contribution in [-0.2, 0) is 0 Å². The summed E-state index contributed by atoms with van der Waals surface area (Å²) in [7, 11) is 0. The molecule has 0 aromatic heterocycles. The SMILES string of the molecule is c1ccc(N(c2ccccc2)c2ccc(N(c3ccccc3)c3ccc(-c4ccc(N(c5ccccc5)c5ccc(N(c6ccccc6)c6ccc(-c7ccc8c(N(c9ccc(-c%10ccc(N(c%11cccc%12ccccc%11%12)c%11cccc%12ccccc%11%12)cc%10)cc9)c9cccc%10ccccc9%10)cccc8c7)cc6)cc5)cc4)cc3)cc2)cc1. The molecule has 0 aliphatic carbocycles. The molecule has 20 aromatic rings. The highest BCUT2D eigenvalue weighted by molar-refractivity contribution is 6.07. The summed E-state index contributed by atoms with van der Waals surface area (Å²) >= 11 is 0. The number of nitrogens with zero attached hydrogens (tertiary/aromatic N) is 6. The molecule has 0 radical (unpaired) electrons. The standard InChI is InChI=1S/C112H80N6/c1-6-33-91(34-7-1)113(92-35-8-2-9-36-92)99-71-73-100(74-72-99)114(93-37-10-3-11-38-93)96-61-50-81(51-62-96)82-52-63-97(64-53-82)115(94-39-12-4-13-40-94)101-75-77-102(78-76-101)116(95-41-14-5-15-42-95)98-65-58-85(59-66-98)89-60-79-108-90(80-89)32-25-49-112(108)118(111-48-24-31-88-28-18-21-45-107(88)111)104-69-56-84(57-70-104)83-54-67-103(68-55-83)117(109-46-22-29-86-26-16-19-43-105(86)109)110-47-23-30-87-27-17-20-44-106(87)110/h1-80H. The molecule has 118 heavy (non-hydrogen) atoms. The molecule has 20 aromatic carbocycles. The molecule has 558 valence electrons. The normalized spacial score (nSPS) is 11.2. The molecule has 0 atom stereocenters. The van der Waals surface area contributed by atoms with Gasteiger partial charge in [-0.05, 0) is 255 Å². The Labute approximate surface area is 689 Å². The third-order valence-corrected chi connectivity index (χ3v) is 22.6. The molecule has 0 aliphatic heterocycles. The minimum Gasteiger partial charge on any atom is -0.311 e. The third kappa shape index (κ3) is 14.1. The van der Waals surface area contributed by atoms with Gasteiger partial charge in [-0.1, -0.05) is 285 Å². The Kier molecular flexibility index (Phi) is 19.3.